The zero-order chi connectivity index (χ0) is 19.7. The molecule has 1 aromatic rings. The topological polar surface area (TPSA) is 107 Å². The summed E-state index contributed by atoms with van der Waals surface area (Å²) in [5.41, 5.74) is 5.49. The number of nitrogens with two attached hydrogens (primary N) is 1. The van der Waals surface area contributed by atoms with Crippen LogP contribution in [0.5, 0.6) is 5.75 Å². The average molecular weight is 403 g/mol. The summed E-state index contributed by atoms with van der Waals surface area (Å²) in [4.78, 5) is 14.3. The van der Waals surface area contributed by atoms with Crippen LogP contribution < -0.4 is 5.73 Å². The first-order valence-electron chi connectivity index (χ1n) is 10.7. The predicted molar refractivity (Wildman–Crippen MR) is 111 cm³/mol. The second-order valence-electron chi connectivity index (χ2n) is 9.52. The molecule has 4 atom stereocenters. The van der Waals surface area contributed by atoms with E-state index in [2.05, 4.69) is 4.90 Å². The molecule has 6 heteroatoms. The van der Waals surface area contributed by atoms with Gasteiger partial charge >= 0.3 is 0 Å². The lowest BCUT2D eigenvalue weighted by Crippen LogP contribution is -2.73. The van der Waals surface area contributed by atoms with Crippen LogP contribution in [0.3, 0.4) is 0 Å². The zero-order valence-electron chi connectivity index (χ0n) is 16.2. The molecule has 0 aromatic heterocycles. The van der Waals surface area contributed by atoms with Gasteiger partial charge in [0.25, 0.3) is 5.91 Å². The van der Waals surface area contributed by atoms with Crippen molar-refractivity contribution in [1.29, 1.82) is 0 Å². The van der Waals surface area contributed by atoms with Crippen molar-refractivity contribution in [3.05, 3.63) is 28.8 Å². The molecule has 3 aliphatic carbocycles. The van der Waals surface area contributed by atoms with Crippen LogP contribution >= 0.6 is 0 Å². The van der Waals surface area contributed by atoms with Crippen molar-refractivity contribution in [3.63, 3.8) is 0 Å². The number of primary amides is 1. The molecule has 1 heterocycles. The number of aliphatic hydroxyl groups is 2. The van der Waals surface area contributed by atoms with Crippen molar-refractivity contribution in [2.24, 2.45) is 11.7 Å². The molecule has 2 saturated carbocycles. The fourth-order valence-corrected chi connectivity index (χ4v) is 6.61. The maximum Gasteiger partial charge on any atom is 0.252 e. The van der Waals surface area contributed by atoms with Gasteiger partial charge in [-0.05, 0) is 69.0 Å². The SMILES string of the molecule is C.NC(=O)c1ccc2c(c1O)[C@]13CCN(CC4CCC4)[C@H](C2)[C@]1(O)CC[C@H](O)C3. The number of hydrogen-bond donors (Lipinski definition) is 4. The molecule has 0 radical (unpaired) electrons. The predicted octanol–water partition coefficient (Wildman–Crippen LogP) is 2.07. The van der Waals surface area contributed by atoms with E-state index in [9.17, 15) is 20.1 Å². The molecular weight excluding hydrogens is 368 g/mol. The van der Waals surface area contributed by atoms with E-state index in [4.69, 9.17) is 5.73 Å². The number of likely N-dealkylation sites (tertiary alicyclic amines) is 1. The normalized spacial score (nSPS) is 36.3. The lowest BCUT2D eigenvalue weighted by Gasteiger charge is -2.64. The van der Waals surface area contributed by atoms with Crippen LogP contribution in [-0.2, 0) is 11.8 Å². The van der Waals surface area contributed by atoms with Crippen molar-refractivity contribution in [3.8, 4) is 5.75 Å². The molecule has 29 heavy (non-hydrogen) atoms. The van der Waals surface area contributed by atoms with Gasteiger partial charge in [-0.15, -0.1) is 0 Å². The number of amides is 1. The average Bonchev–Trinajstić information content (AvgIpc) is 2.59. The number of fused-ring (bicyclic) bond motifs is 1. The van der Waals surface area contributed by atoms with Crippen LogP contribution in [0.25, 0.3) is 0 Å². The number of phenols is 1. The molecule has 6 nitrogen and oxygen atoms in total. The highest BCUT2D eigenvalue weighted by Gasteiger charge is 2.65. The summed E-state index contributed by atoms with van der Waals surface area (Å²) in [5, 5.41) is 33.6. The Hall–Kier alpha value is -1.63. The molecule has 160 valence electrons. The number of carbonyl (C=O) groups excluding carboxylic acids is 1. The standard InChI is InChI=1S/C22H30N2O4.CH4/c23-20(27)16-5-4-14-10-17-22(28)7-6-15(25)11-21(22,18(14)19(16)26)8-9-24(17)12-13-2-1-3-13;/h4-5,13,15,17,25-26,28H,1-3,6-12H2,(H2,23,27);1H4/t15-,17+,21+,22+;/m0./s1. The first-order chi connectivity index (χ1) is 13.4. The molecule has 5 N–H and O–H groups in total. The van der Waals surface area contributed by atoms with Gasteiger partial charge in [-0.1, -0.05) is 19.9 Å². The maximum atomic E-state index is 12.1. The molecule has 1 aromatic carbocycles. The minimum absolute atomic E-state index is 0. The van der Waals surface area contributed by atoms with Gasteiger partial charge in [0, 0.05) is 23.6 Å². The van der Waals surface area contributed by atoms with E-state index in [1.807, 2.05) is 6.07 Å². The highest BCUT2D eigenvalue weighted by atomic mass is 16.3. The fraction of sp³-hybridized carbons (Fsp3) is 0.696. The molecule has 2 bridgehead atoms. The van der Waals surface area contributed by atoms with Gasteiger partial charge in [0.2, 0.25) is 0 Å². The van der Waals surface area contributed by atoms with Crippen molar-refractivity contribution in [2.75, 3.05) is 13.1 Å². The minimum Gasteiger partial charge on any atom is -0.507 e. The maximum absolute atomic E-state index is 12.1. The van der Waals surface area contributed by atoms with E-state index in [1.54, 1.807) is 6.07 Å². The van der Waals surface area contributed by atoms with Crippen LogP contribution in [0.2, 0.25) is 0 Å². The number of aromatic hydroxyl groups is 1. The van der Waals surface area contributed by atoms with Gasteiger partial charge in [-0.25, -0.2) is 0 Å². The number of hydrogen-bond acceptors (Lipinski definition) is 5. The van der Waals surface area contributed by atoms with Crippen LogP contribution in [0.15, 0.2) is 12.1 Å². The number of carbonyl (C=O) groups is 1. The van der Waals surface area contributed by atoms with Crippen molar-refractivity contribution >= 4 is 5.91 Å². The van der Waals surface area contributed by atoms with Crippen LogP contribution in [0.1, 0.15) is 73.9 Å². The Morgan fingerprint density at radius 3 is 2.66 bits per heavy atom. The fourth-order valence-electron chi connectivity index (χ4n) is 6.61. The highest BCUT2D eigenvalue weighted by molar-refractivity contribution is 5.96. The van der Waals surface area contributed by atoms with Crippen LogP contribution in [0.4, 0.5) is 0 Å². The van der Waals surface area contributed by atoms with Gasteiger partial charge in [0.05, 0.1) is 17.3 Å². The van der Waals surface area contributed by atoms with Crippen molar-refractivity contribution < 1.29 is 20.1 Å². The molecule has 5 rings (SSSR count). The third-order valence-corrected chi connectivity index (χ3v) is 8.23. The number of rotatable bonds is 3. The molecule has 4 aliphatic rings. The summed E-state index contributed by atoms with van der Waals surface area (Å²) in [6, 6.07) is 3.47. The van der Waals surface area contributed by atoms with Crippen LogP contribution in [0, 0.1) is 5.92 Å². The number of aliphatic hydroxyl groups excluding tert-OH is 1. The third kappa shape index (κ3) is 2.76. The summed E-state index contributed by atoms with van der Waals surface area (Å²) in [5.74, 6) is -0.0399. The summed E-state index contributed by atoms with van der Waals surface area (Å²) < 4.78 is 0. The van der Waals surface area contributed by atoms with Crippen molar-refractivity contribution in [1.82, 2.24) is 4.90 Å². The Balaban J connectivity index is 0.00000205. The summed E-state index contributed by atoms with van der Waals surface area (Å²) in [7, 11) is 0. The van der Waals surface area contributed by atoms with Gasteiger partial charge in [0.15, 0.2) is 0 Å². The Kier molecular flexibility index (Phi) is 4.95. The number of nitrogens with zero attached hydrogens (tertiary/aromatic N) is 1. The first kappa shape index (κ1) is 20.6. The van der Waals surface area contributed by atoms with E-state index in [0.29, 0.717) is 37.7 Å². The third-order valence-electron chi connectivity index (χ3n) is 8.23. The molecule has 1 amide bonds. The second-order valence-corrected chi connectivity index (χ2v) is 9.52. The van der Waals surface area contributed by atoms with E-state index < -0.39 is 23.0 Å². The quantitative estimate of drug-likeness (QED) is 0.619. The molecule has 1 saturated heterocycles. The van der Waals surface area contributed by atoms with E-state index in [0.717, 1.165) is 24.6 Å². The Morgan fingerprint density at radius 1 is 1.24 bits per heavy atom. The second kappa shape index (κ2) is 6.96. The van der Waals surface area contributed by atoms with E-state index in [1.165, 1.54) is 19.3 Å². The molecular formula is C23H34N2O4. The lowest BCUT2D eigenvalue weighted by atomic mass is 9.48. The Morgan fingerprint density at radius 2 is 2.00 bits per heavy atom. The molecule has 3 fully saturated rings. The molecule has 0 spiro atoms. The van der Waals surface area contributed by atoms with E-state index >= 15 is 0 Å². The highest BCUT2D eigenvalue weighted by Crippen LogP contribution is 2.60. The van der Waals surface area contributed by atoms with Crippen molar-refractivity contribution in [2.45, 2.75) is 82.0 Å². The summed E-state index contributed by atoms with van der Waals surface area (Å²) in [6.07, 6.45) is 6.15. The summed E-state index contributed by atoms with van der Waals surface area (Å²) >= 11 is 0. The summed E-state index contributed by atoms with van der Waals surface area (Å²) in [6.45, 7) is 1.86. The smallest absolute Gasteiger partial charge is 0.252 e. The largest absolute Gasteiger partial charge is 0.507 e. The Bertz CT molecular complexity index is 823. The van der Waals surface area contributed by atoms with E-state index in [-0.39, 0.29) is 24.8 Å². The van der Waals surface area contributed by atoms with Gasteiger partial charge in [-0.3, -0.25) is 9.69 Å². The molecule has 1 aliphatic heterocycles. The Labute approximate surface area is 172 Å². The lowest BCUT2D eigenvalue weighted by molar-refractivity contribution is -0.185. The zero-order valence-corrected chi connectivity index (χ0v) is 16.2. The monoisotopic (exact) mass is 402 g/mol. The van der Waals surface area contributed by atoms with Gasteiger partial charge < -0.3 is 21.1 Å². The molecule has 0 unspecified atom stereocenters. The van der Waals surface area contributed by atoms with Crippen LogP contribution in [-0.4, -0.2) is 57.0 Å². The number of benzene rings is 1. The first-order valence-corrected chi connectivity index (χ1v) is 10.7. The van der Waals surface area contributed by atoms with Gasteiger partial charge in [0.1, 0.15) is 5.75 Å². The minimum atomic E-state index is -1.00. The number of piperidine rings is 1. The van der Waals surface area contributed by atoms with Gasteiger partial charge in [-0.2, -0.15) is 0 Å².